The minimum absolute atomic E-state index is 0.0518. The standard InChI is InChI=1S/C17H22ClN3O3/c18-13-4-5-15(20-7-9-24-10-8-20)14(11-13)19-16(22)12-21-6-2-1-3-17(21)23/h4-5,11H,1-3,6-10,12H2,(H,19,22). The molecule has 0 atom stereocenters. The maximum atomic E-state index is 12.4. The third kappa shape index (κ3) is 4.19. The molecule has 2 amide bonds. The second-order valence-electron chi connectivity index (χ2n) is 6.08. The van der Waals surface area contributed by atoms with E-state index in [1.807, 2.05) is 12.1 Å². The van der Waals surface area contributed by atoms with Crippen LogP contribution in [0.5, 0.6) is 0 Å². The Morgan fingerprint density at radius 3 is 2.75 bits per heavy atom. The summed E-state index contributed by atoms with van der Waals surface area (Å²) >= 11 is 6.10. The van der Waals surface area contributed by atoms with Crippen molar-refractivity contribution in [2.75, 3.05) is 49.6 Å². The number of ether oxygens (including phenoxy) is 1. The molecule has 2 fully saturated rings. The van der Waals surface area contributed by atoms with Gasteiger partial charge < -0.3 is 19.9 Å². The summed E-state index contributed by atoms with van der Waals surface area (Å²) < 4.78 is 5.38. The van der Waals surface area contributed by atoms with E-state index in [0.717, 1.165) is 31.6 Å². The predicted molar refractivity (Wildman–Crippen MR) is 93.5 cm³/mol. The molecule has 2 saturated heterocycles. The minimum Gasteiger partial charge on any atom is -0.378 e. The number of anilines is 2. The third-order valence-corrected chi connectivity index (χ3v) is 4.58. The van der Waals surface area contributed by atoms with Crippen LogP contribution in [-0.4, -0.2) is 56.1 Å². The first-order chi connectivity index (χ1) is 11.6. The Balaban J connectivity index is 1.69. The lowest BCUT2D eigenvalue weighted by molar-refractivity contribution is -0.136. The molecule has 7 heteroatoms. The highest BCUT2D eigenvalue weighted by atomic mass is 35.5. The molecule has 130 valence electrons. The van der Waals surface area contributed by atoms with Gasteiger partial charge in [-0.25, -0.2) is 0 Å². The quantitative estimate of drug-likeness (QED) is 0.902. The maximum absolute atomic E-state index is 12.4. The molecule has 1 N–H and O–H groups in total. The number of amides is 2. The fourth-order valence-electron chi connectivity index (χ4n) is 3.08. The third-order valence-electron chi connectivity index (χ3n) is 4.34. The average Bonchev–Trinajstić information content (AvgIpc) is 2.58. The summed E-state index contributed by atoms with van der Waals surface area (Å²) in [5.74, 6) is -0.141. The number of hydrogen-bond acceptors (Lipinski definition) is 4. The number of likely N-dealkylation sites (tertiary alicyclic amines) is 1. The molecule has 6 nitrogen and oxygen atoms in total. The van der Waals surface area contributed by atoms with Crippen molar-refractivity contribution in [1.82, 2.24) is 4.90 Å². The van der Waals surface area contributed by atoms with Crippen molar-refractivity contribution in [3.05, 3.63) is 23.2 Å². The van der Waals surface area contributed by atoms with Gasteiger partial charge in [0.15, 0.2) is 0 Å². The summed E-state index contributed by atoms with van der Waals surface area (Å²) in [5.41, 5.74) is 1.61. The summed E-state index contributed by atoms with van der Waals surface area (Å²) in [4.78, 5) is 28.0. The number of carbonyl (C=O) groups is 2. The Labute approximate surface area is 146 Å². The first-order valence-corrected chi connectivity index (χ1v) is 8.71. The fraction of sp³-hybridized carbons (Fsp3) is 0.529. The van der Waals surface area contributed by atoms with Crippen LogP contribution in [0.1, 0.15) is 19.3 Å². The molecule has 0 bridgehead atoms. The number of nitrogens with zero attached hydrogens (tertiary/aromatic N) is 2. The zero-order chi connectivity index (χ0) is 16.9. The molecule has 3 rings (SSSR count). The molecular formula is C17H22ClN3O3. The number of nitrogens with one attached hydrogen (secondary N) is 1. The van der Waals surface area contributed by atoms with E-state index in [0.29, 0.717) is 36.9 Å². The molecule has 2 heterocycles. The van der Waals surface area contributed by atoms with Crippen molar-refractivity contribution in [2.45, 2.75) is 19.3 Å². The Morgan fingerprint density at radius 1 is 1.21 bits per heavy atom. The van der Waals surface area contributed by atoms with Gasteiger partial charge in [0.25, 0.3) is 0 Å². The van der Waals surface area contributed by atoms with Gasteiger partial charge >= 0.3 is 0 Å². The second kappa shape index (κ2) is 7.85. The molecule has 2 aliphatic heterocycles. The number of carbonyl (C=O) groups excluding carboxylic acids is 2. The van der Waals surface area contributed by atoms with E-state index < -0.39 is 0 Å². The normalized spacial score (nSPS) is 18.6. The molecule has 2 aliphatic rings. The summed E-state index contributed by atoms with van der Waals surface area (Å²) in [7, 11) is 0. The highest BCUT2D eigenvalue weighted by molar-refractivity contribution is 6.31. The smallest absolute Gasteiger partial charge is 0.244 e. The Bertz CT molecular complexity index is 617. The highest BCUT2D eigenvalue weighted by Gasteiger charge is 2.22. The van der Waals surface area contributed by atoms with Crippen LogP contribution in [0.4, 0.5) is 11.4 Å². The van der Waals surface area contributed by atoms with Crippen molar-refractivity contribution in [2.24, 2.45) is 0 Å². The van der Waals surface area contributed by atoms with Crippen LogP contribution in [0.2, 0.25) is 5.02 Å². The first kappa shape index (κ1) is 17.0. The zero-order valence-electron chi connectivity index (χ0n) is 13.6. The molecule has 1 aromatic carbocycles. The highest BCUT2D eigenvalue weighted by Crippen LogP contribution is 2.30. The first-order valence-electron chi connectivity index (χ1n) is 8.33. The van der Waals surface area contributed by atoms with E-state index in [9.17, 15) is 9.59 Å². The Kier molecular flexibility index (Phi) is 5.58. The Morgan fingerprint density at radius 2 is 2.00 bits per heavy atom. The van der Waals surface area contributed by atoms with Crippen LogP contribution in [0.15, 0.2) is 18.2 Å². The minimum atomic E-state index is -0.193. The van der Waals surface area contributed by atoms with Crippen molar-refractivity contribution >= 4 is 34.8 Å². The molecule has 0 spiro atoms. The fourth-order valence-corrected chi connectivity index (χ4v) is 3.25. The summed E-state index contributed by atoms with van der Waals surface area (Å²) in [6.45, 7) is 3.62. The number of rotatable bonds is 4. The van der Waals surface area contributed by atoms with Gasteiger partial charge in [0.2, 0.25) is 11.8 Å². The molecule has 0 radical (unpaired) electrons. The van der Waals surface area contributed by atoms with E-state index >= 15 is 0 Å². The lowest BCUT2D eigenvalue weighted by Crippen LogP contribution is -2.41. The molecule has 24 heavy (non-hydrogen) atoms. The summed E-state index contributed by atoms with van der Waals surface area (Å²) in [6.07, 6.45) is 2.39. The topological polar surface area (TPSA) is 61.9 Å². The van der Waals surface area contributed by atoms with E-state index in [1.165, 1.54) is 0 Å². The van der Waals surface area contributed by atoms with Gasteiger partial charge in [0, 0.05) is 31.1 Å². The van der Waals surface area contributed by atoms with Gasteiger partial charge in [-0.05, 0) is 31.0 Å². The van der Waals surface area contributed by atoms with Gasteiger partial charge in [-0.2, -0.15) is 0 Å². The number of piperidine rings is 1. The predicted octanol–water partition coefficient (Wildman–Crippen LogP) is 2.13. The van der Waals surface area contributed by atoms with Crippen molar-refractivity contribution in [3.8, 4) is 0 Å². The number of benzene rings is 1. The molecule has 0 unspecified atom stereocenters. The number of hydrogen-bond donors (Lipinski definition) is 1. The lowest BCUT2D eigenvalue weighted by atomic mass is 10.1. The van der Waals surface area contributed by atoms with Gasteiger partial charge in [-0.15, -0.1) is 0 Å². The van der Waals surface area contributed by atoms with Crippen LogP contribution in [0.25, 0.3) is 0 Å². The monoisotopic (exact) mass is 351 g/mol. The van der Waals surface area contributed by atoms with Gasteiger partial charge in [-0.1, -0.05) is 11.6 Å². The van der Waals surface area contributed by atoms with Crippen molar-refractivity contribution in [3.63, 3.8) is 0 Å². The van der Waals surface area contributed by atoms with Crippen molar-refractivity contribution in [1.29, 1.82) is 0 Å². The lowest BCUT2D eigenvalue weighted by Gasteiger charge is -2.31. The van der Waals surface area contributed by atoms with Gasteiger partial charge in [0.1, 0.15) is 0 Å². The largest absolute Gasteiger partial charge is 0.378 e. The maximum Gasteiger partial charge on any atom is 0.244 e. The van der Waals surface area contributed by atoms with Crippen LogP contribution in [-0.2, 0) is 14.3 Å². The molecule has 0 saturated carbocycles. The van der Waals surface area contributed by atoms with Gasteiger partial charge in [0.05, 0.1) is 31.1 Å². The summed E-state index contributed by atoms with van der Waals surface area (Å²) in [5, 5.41) is 3.48. The SMILES string of the molecule is O=C(CN1CCCCC1=O)Nc1cc(Cl)ccc1N1CCOCC1. The van der Waals surface area contributed by atoms with E-state index in [-0.39, 0.29) is 18.4 Å². The van der Waals surface area contributed by atoms with E-state index in [4.69, 9.17) is 16.3 Å². The van der Waals surface area contributed by atoms with E-state index in [2.05, 4.69) is 10.2 Å². The second-order valence-corrected chi connectivity index (χ2v) is 6.52. The average molecular weight is 352 g/mol. The molecular weight excluding hydrogens is 330 g/mol. The van der Waals surface area contributed by atoms with Crippen LogP contribution in [0.3, 0.4) is 0 Å². The molecule has 0 aromatic heterocycles. The Hall–Kier alpha value is -1.79. The number of morpholine rings is 1. The summed E-state index contributed by atoms with van der Waals surface area (Å²) in [6, 6.07) is 5.48. The molecule has 0 aliphatic carbocycles. The van der Waals surface area contributed by atoms with Crippen LogP contribution < -0.4 is 10.2 Å². The van der Waals surface area contributed by atoms with Gasteiger partial charge in [-0.3, -0.25) is 9.59 Å². The zero-order valence-corrected chi connectivity index (χ0v) is 14.3. The van der Waals surface area contributed by atoms with E-state index in [1.54, 1.807) is 11.0 Å². The number of halogens is 1. The van der Waals surface area contributed by atoms with Crippen molar-refractivity contribution < 1.29 is 14.3 Å². The van der Waals surface area contributed by atoms with Crippen LogP contribution in [0, 0.1) is 0 Å². The van der Waals surface area contributed by atoms with Crippen LogP contribution >= 0.6 is 11.6 Å². The molecule has 1 aromatic rings.